The van der Waals surface area contributed by atoms with Gasteiger partial charge in [-0.05, 0) is 44.9 Å². The van der Waals surface area contributed by atoms with Crippen molar-refractivity contribution in [2.24, 2.45) is 0 Å². The molecule has 0 radical (unpaired) electrons. The van der Waals surface area contributed by atoms with Gasteiger partial charge in [0.15, 0.2) is 5.78 Å². The number of allylic oxidation sites excluding steroid dienone is 1. The van der Waals surface area contributed by atoms with Gasteiger partial charge < -0.3 is 9.64 Å². The number of hydrogen-bond donors (Lipinski definition) is 0. The van der Waals surface area contributed by atoms with Gasteiger partial charge in [0, 0.05) is 24.4 Å². The molecule has 0 unspecified atom stereocenters. The van der Waals surface area contributed by atoms with Crippen LogP contribution >= 0.6 is 0 Å². The fraction of sp³-hybridized carbons (Fsp3) is 0.412. The van der Waals surface area contributed by atoms with Crippen LogP contribution in [0.3, 0.4) is 0 Å². The second-order valence-electron chi connectivity index (χ2n) is 5.30. The third kappa shape index (κ3) is 2.99. The van der Waals surface area contributed by atoms with Gasteiger partial charge in [-0.3, -0.25) is 4.79 Å². The van der Waals surface area contributed by atoms with Crippen molar-refractivity contribution in [2.45, 2.75) is 34.1 Å². The number of aryl methyl sites for hydroxylation is 2. The SMILES string of the molecule is CCOC(=O)C1=C(C)N(c2cc(C)ccc2C)CCC1=O. The number of rotatable bonds is 3. The molecule has 0 saturated heterocycles. The van der Waals surface area contributed by atoms with Crippen molar-refractivity contribution in [3.63, 3.8) is 0 Å². The highest BCUT2D eigenvalue weighted by molar-refractivity contribution is 6.19. The lowest BCUT2D eigenvalue weighted by molar-refractivity contribution is -0.140. The molecule has 1 aliphatic heterocycles. The molecule has 0 atom stereocenters. The van der Waals surface area contributed by atoms with Crippen LogP contribution in [-0.4, -0.2) is 24.9 Å². The van der Waals surface area contributed by atoms with Crippen LogP contribution in [0.1, 0.15) is 31.4 Å². The van der Waals surface area contributed by atoms with Gasteiger partial charge in [-0.2, -0.15) is 0 Å². The van der Waals surface area contributed by atoms with Crippen molar-refractivity contribution in [3.05, 3.63) is 40.6 Å². The van der Waals surface area contributed by atoms with Gasteiger partial charge in [0.25, 0.3) is 0 Å². The van der Waals surface area contributed by atoms with Crippen LogP contribution in [0.2, 0.25) is 0 Å². The fourth-order valence-corrected chi connectivity index (χ4v) is 2.62. The fourth-order valence-electron chi connectivity index (χ4n) is 2.62. The van der Waals surface area contributed by atoms with Gasteiger partial charge in [-0.25, -0.2) is 4.79 Å². The number of nitrogens with zero attached hydrogens (tertiary/aromatic N) is 1. The first-order valence-electron chi connectivity index (χ1n) is 7.21. The number of carbonyl (C=O) groups excluding carboxylic acids is 2. The van der Waals surface area contributed by atoms with E-state index in [1.165, 1.54) is 0 Å². The van der Waals surface area contributed by atoms with Crippen LogP contribution in [0.15, 0.2) is 29.5 Å². The van der Waals surface area contributed by atoms with Crippen LogP contribution in [0.25, 0.3) is 0 Å². The molecule has 0 amide bonds. The molecule has 1 aliphatic rings. The summed E-state index contributed by atoms with van der Waals surface area (Å²) in [6.45, 7) is 8.48. The smallest absolute Gasteiger partial charge is 0.343 e. The van der Waals surface area contributed by atoms with Crippen molar-refractivity contribution in [1.29, 1.82) is 0 Å². The van der Waals surface area contributed by atoms with E-state index >= 15 is 0 Å². The molecule has 0 saturated carbocycles. The molecule has 4 heteroatoms. The maximum atomic E-state index is 12.1. The van der Waals surface area contributed by atoms with Gasteiger partial charge in [0.05, 0.1) is 6.61 Å². The van der Waals surface area contributed by atoms with E-state index in [-0.39, 0.29) is 18.0 Å². The summed E-state index contributed by atoms with van der Waals surface area (Å²) in [5, 5.41) is 0. The highest BCUT2D eigenvalue weighted by Gasteiger charge is 2.30. The quantitative estimate of drug-likeness (QED) is 0.633. The Morgan fingerprint density at radius 2 is 2.00 bits per heavy atom. The minimum atomic E-state index is -0.519. The monoisotopic (exact) mass is 287 g/mol. The Morgan fingerprint density at radius 3 is 2.67 bits per heavy atom. The molecule has 0 spiro atoms. The first-order valence-corrected chi connectivity index (χ1v) is 7.21. The predicted molar refractivity (Wildman–Crippen MR) is 82.2 cm³/mol. The molecule has 1 aromatic rings. The molecule has 4 nitrogen and oxygen atoms in total. The Labute approximate surface area is 125 Å². The minimum absolute atomic E-state index is 0.132. The molecule has 0 fully saturated rings. The molecule has 1 aromatic carbocycles. The van der Waals surface area contributed by atoms with Crippen molar-refractivity contribution in [1.82, 2.24) is 0 Å². The summed E-state index contributed by atoms with van der Waals surface area (Å²) in [6.07, 6.45) is 0.332. The lowest BCUT2D eigenvalue weighted by atomic mass is 9.99. The highest BCUT2D eigenvalue weighted by Crippen LogP contribution is 2.30. The van der Waals surface area contributed by atoms with Crippen molar-refractivity contribution >= 4 is 17.4 Å². The molecule has 0 N–H and O–H groups in total. The molecule has 0 bridgehead atoms. The number of ether oxygens (including phenoxy) is 1. The number of hydrogen-bond acceptors (Lipinski definition) is 4. The summed E-state index contributed by atoms with van der Waals surface area (Å²) >= 11 is 0. The lowest BCUT2D eigenvalue weighted by Crippen LogP contribution is -2.35. The van der Waals surface area contributed by atoms with Gasteiger partial charge in [0.2, 0.25) is 0 Å². The van der Waals surface area contributed by atoms with E-state index in [0.717, 1.165) is 16.8 Å². The zero-order valence-electron chi connectivity index (χ0n) is 13.0. The number of carbonyl (C=O) groups is 2. The zero-order chi connectivity index (χ0) is 15.6. The summed E-state index contributed by atoms with van der Waals surface area (Å²) < 4.78 is 5.02. The molecule has 1 heterocycles. The number of Topliss-reactive ketones (excluding diaryl/α,β-unsaturated/α-hetero) is 1. The van der Waals surface area contributed by atoms with Gasteiger partial charge in [0.1, 0.15) is 5.57 Å². The molecule has 21 heavy (non-hydrogen) atoms. The first kappa shape index (κ1) is 15.3. The van der Waals surface area contributed by atoms with Crippen molar-refractivity contribution in [3.8, 4) is 0 Å². The van der Waals surface area contributed by atoms with Crippen molar-refractivity contribution < 1.29 is 14.3 Å². The van der Waals surface area contributed by atoms with Gasteiger partial charge in [-0.1, -0.05) is 12.1 Å². The number of benzene rings is 1. The first-order chi connectivity index (χ1) is 9.95. The van der Waals surface area contributed by atoms with E-state index in [1.807, 2.05) is 25.7 Å². The third-order valence-electron chi connectivity index (χ3n) is 3.74. The second-order valence-corrected chi connectivity index (χ2v) is 5.30. The third-order valence-corrected chi connectivity index (χ3v) is 3.74. The van der Waals surface area contributed by atoms with Crippen molar-refractivity contribution in [2.75, 3.05) is 18.1 Å². The van der Waals surface area contributed by atoms with Gasteiger partial charge in [-0.15, -0.1) is 0 Å². The van der Waals surface area contributed by atoms with E-state index < -0.39 is 5.97 Å². The largest absolute Gasteiger partial charge is 0.462 e. The lowest BCUT2D eigenvalue weighted by Gasteiger charge is -2.32. The summed E-state index contributed by atoms with van der Waals surface area (Å²) in [7, 11) is 0. The molecular formula is C17H21NO3. The predicted octanol–water partition coefficient (Wildman–Crippen LogP) is 2.92. The van der Waals surface area contributed by atoms with E-state index in [2.05, 4.69) is 18.2 Å². The Morgan fingerprint density at radius 1 is 1.29 bits per heavy atom. The van der Waals surface area contributed by atoms with E-state index in [9.17, 15) is 9.59 Å². The summed E-state index contributed by atoms with van der Waals surface area (Å²) in [4.78, 5) is 26.1. The topological polar surface area (TPSA) is 46.6 Å². The minimum Gasteiger partial charge on any atom is -0.462 e. The van der Waals surface area contributed by atoms with Crippen LogP contribution in [0, 0.1) is 13.8 Å². The average Bonchev–Trinajstić information content (AvgIpc) is 2.42. The highest BCUT2D eigenvalue weighted by atomic mass is 16.5. The Bertz CT molecular complexity index is 616. The number of ketones is 1. The molecule has 0 aromatic heterocycles. The van der Waals surface area contributed by atoms with Crippen LogP contribution in [0.5, 0.6) is 0 Å². The zero-order valence-corrected chi connectivity index (χ0v) is 13.0. The van der Waals surface area contributed by atoms with E-state index in [4.69, 9.17) is 4.74 Å². The number of anilines is 1. The average molecular weight is 287 g/mol. The molecule has 2 rings (SSSR count). The van der Waals surface area contributed by atoms with Crippen LogP contribution in [-0.2, 0) is 14.3 Å². The Kier molecular flexibility index (Phi) is 4.46. The standard InChI is InChI=1S/C17H21NO3/c1-5-21-17(20)16-13(4)18(9-8-15(16)19)14-10-11(2)6-7-12(14)3/h6-7,10H,5,8-9H2,1-4H3. The Hall–Kier alpha value is -2.10. The molecular weight excluding hydrogens is 266 g/mol. The van der Waals surface area contributed by atoms with E-state index in [1.54, 1.807) is 6.92 Å². The van der Waals surface area contributed by atoms with Crippen LogP contribution < -0.4 is 4.90 Å². The second kappa shape index (κ2) is 6.12. The maximum absolute atomic E-state index is 12.1. The summed E-state index contributed by atoms with van der Waals surface area (Å²) in [5.41, 5.74) is 4.18. The summed E-state index contributed by atoms with van der Waals surface area (Å²) in [5.74, 6) is -0.650. The normalized spacial score (nSPS) is 15.4. The molecule has 0 aliphatic carbocycles. The number of esters is 1. The van der Waals surface area contributed by atoms with E-state index in [0.29, 0.717) is 18.7 Å². The van der Waals surface area contributed by atoms with Crippen LogP contribution in [0.4, 0.5) is 5.69 Å². The summed E-state index contributed by atoms with van der Waals surface area (Å²) in [6, 6.07) is 6.19. The van der Waals surface area contributed by atoms with Gasteiger partial charge >= 0.3 is 5.97 Å². The molecule has 112 valence electrons. The Balaban J connectivity index is 2.48. The maximum Gasteiger partial charge on any atom is 0.343 e.